The summed E-state index contributed by atoms with van der Waals surface area (Å²) in [6.45, 7) is 1.78. The van der Waals surface area contributed by atoms with Gasteiger partial charge in [0.25, 0.3) is 11.5 Å². The molecular weight excluding hydrogens is 362 g/mol. The molecule has 0 spiro atoms. The van der Waals surface area contributed by atoms with Crippen molar-refractivity contribution in [2.75, 3.05) is 19.6 Å². The Morgan fingerprint density at radius 1 is 1.18 bits per heavy atom. The van der Waals surface area contributed by atoms with Gasteiger partial charge in [-0.05, 0) is 6.07 Å². The van der Waals surface area contributed by atoms with Crippen LogP contribution in [0.4, 0.5) is 0 Å². The number of nitrogens with zero attached hydrogens (tertiary/aromatic N) is 6. The van der Waals surface area contributed by atoms with Crippen molar-refractivity contribution < 1.29 is 4.79 Å². The number of pyridine rings is 1. The van der Waals surface area contributed by atoms with Gasteiger partial charge in [0.1, 0.15) is 17.5 Å². The highest BCUT2D eigenvalue weighted by atomic mass is 16.2. The summed E-state index contributed by atoms with van der Waals surface area (Å²) < 4.78 is 4.20. The van der Waals surface area contributed by atoms with Crippen LogP contribution in [0.25, 0.3) is 11.0 Å². The van der Waals surface area contributed by atoms with Gasteiger partial charge in [-0.15, -0.1) is 0 Å². The van der Waals surface area contributed by atoms with Crippen molar-refractivity contribution in [2.45, 2.75) is 6.04 Å². The van der Waals surface area contributed by atoms with E-state index in [4.69, 9.17) is 0 Å². The van der Waals surface area contributed by atoms with E-state index < -0.39 is 11.2 Å². The third kappa shape index (κ3) is 2.73. The number of rotatable bonds is 2. The highest BCUT2D eigenvalue weighted by Crippen LogP contribution is 2.23. The molecule has 0 bridgehead atoms. The van der Waals surface area contributed by atoms with Gasteiger partial charge in [-0.2, -0.15) is 0 Å². The van der Waals surface area contributed by atoms with Crippen LogP contribution in [-0.2, 0) is 21.1 Å². The van der Waals surface area contributed by atoms with Crippen LogP contribution in [0.2, 0.25) is 0 Å². The van der Waals surface area contributed by atoms with Crippen molar-refractivity contribution in [3.63, 3.8) is 0 Å². The zero-order chi connectivity index (χ0) is 20.0. The van der Waals surface area contributed by atoms with Crippen molar-refractivity contribution in [3.8, 4) is 0 Å². The Bertz CT molecular complexity index is 1190. The fourth-order valence-corrected chi connectivity index (χ4v) is 3.62. The molecule has 1 aliphatic heterocycles. The summed E-state index contributed by atoms with van der Waals surface area (Å²) in [6.07, 6.45) is 4.96. The minimum absolute atomic E-state index is 0.222. The van der Waals surface area contributed by atoms with Gasteiger partial charge >= 0.3 is 5.69 Å². The Kier molecular flexibility index (Phi) is 4.34. The zero-order valence-corrected chi connectivity index (χ0v) is 15.9. The van der Waals surface area contributed by atoms with Crippen molar-refractivity contribution in [3.05, 3.63) is 56.9 Å². The highest BCUT2D eigenvalue weighted by molar-refractivity contribution is 5.97. The summed E-state index contributed by atoms with van der Waals surface area (Å²) in [5.74, 6) is 0.562. The number of hydrogen-bond donors (Lipinski definition) is 1. The third-order valence-electron chi connectivity index (χ3n) is 5.20. The number of fused-ring (bicyclic) bond motifs is 1. The van der Waals surface area contributed by atoms with Gasteiger partial charge in [0.2, 0.25) is 0 Å². The van der Waals surface area contributed by atoms with Gasteiger partial charge in [-0.1, -0.05) is 0 Å². The van der Waals surface area contributed by atoms with E-state index in [1.165, 1.54) is 23.9 Å². The number of carbonyl (C=O) groups excluding carboxylic acids is 1. The first-order valence-electron chi connectivity index (χ1n) is 8.95. The summed E-state index contributed by atoms with van der Waals surface area (Å²) in [7, 11) is 4.85. The second kappa shape index (κ2) is 6.71. The first-order valence-corrected chi connectivity index (χ1v) is 8.95. The van der Waals surface area contributed by atoms with Gasteiger partial charge < -0.3 is 14.8 Å². The molecule has 1 aliphatic rings. The minimum atomic E-state index is -0.471. The van der Waals surface area contributed by atoms with Gasteiger partial charge in [0, 0.05) is 59.4 Å². The molecule has 3 aromatic rings. The lowest BCUT2D eigenvalue weighted by molar-refractivity contribution is 0.0620. The second-order valence-electron chi connectivity index (χ2n) is 6.92. The molecule has 4 rings (SSSR count). The molecule has 4 heterocycles. The molecule has 146 valence electrons. The largest absolute Gasteiger partial charge is 0.336 e. The molecule has 28 heavy (non-hydrogen) atoms. The Morgan fingerprint density at radius 3 is 2.68 bits per heavy atom. The van der Waals surface area contributed by atoms with Crippen molar-refractivity contribution in [1.82, 2.24) is 33.9 Å². The van der Waals surface area contributed by atoms with E-state index in [2.05, 4.69) is 15.3 Å². The molecule has 0 saturated carbocycles. The average molecular weight is 383 g/mol. The molecule has 3 aromatic heterocycles. The summed E-state index contributed by atoms with van der Waals surface area (Å²) in [6, 6.07) is 1.30. The normalized spacial score (nSPS) is 17.2. The predicted molar refractivity (Wildman–Crippen MR) is 102 cm³/mol. The smallest absolute Gasteiger partial charge is 0.332 e. The van der Waals surface area contributed by atoms with Crippen LogP contribution in [0.15, 0.2) is 34.2 Å². The molecule has 1 atom stereocenters. The topological polar surface area (TPSA) is 107 Å². The Hall–Kier alpha value is -3.27. The van der Waals surface area contributed by atoms with Crippen molar-refractivity contribution in [1.29, 1.82) is 0 Å². The fraction of sp³-hybridized carbons (Fsp3) is 0.389. The molecule has 0 aromatic carbocycles. The van der Waals surface area contributed by atoms with Crippen LogP contribution in [0.1, 0.15) is 22.2 Å². The quantitative estimate of drug-likeness (QED) is 0.618. The molecule has 0 radical (unpaired) electrons. The monoisotopic (exact) mass is 383 g/mol. The first-order chi connectivity index (χ1) is 13.4. The molecule has 1 fully saturated rings. The van der Waals surface area contributed by atoms with Crippen LogP contribution < -0.4 is 16.6 Å². The number of amides is 1. The van der Waals surface area contributed by atoms with Gasteiger partial charge in [-0.3, -0.25) is 18.7 Å². The number of imidazole rings is 1. The standard InChI is InChI=1S/C18H21N7O3/c1-22-6-5-20-15(22)13-10-19-4-7-25(13)16(26)11-8-12-14(21-9-11)23(2)18(28)24(3)17(12)27/h5-6,8-9,13,19H,4,7,10H2,1-3H3. The Morgan fingerprint density at radius 2 is 1.96 bits per heavy atom. The van der Waals surface area contributed by atoms with E-state index in [9.17, 15) is 14.4 Å². The number of nitrogens with one attached hydrogen (secondary N) is 1. The SMILES string of the molecule is Cn1ccnc1C1CNCCN1C(=O)c1cnc2c(c1)c(=O)n(C)c(=O)n2C. The van der Waals surface area contributed by atoms with E-state index in [1.807, 2.05) is 17.8 Å². The van der Waals surface area contributed by atoms with Crippen LogP contribution in [0.3, 0.4) is 0 Å². The summed E-state index contributed by atoms with van der Waals surface area (Å²) in [4.78, 5) is 48.2. The van der Waals surface area contributed by atoms with E-state index in [1.54, 1.807) is 18.1 Å². The first kappa shape index (κ1) is 18.1. The molecular formula is C18H21N7O3. The number of aryl methyl sites for hydroxylation is 2. The lowest BCUT2D eigenvalue weighted by Gasteiger charge is -2.35. The highest BCUT2D eigenvalue weighted by Gasteiger charge is 2.31. The van der Waals surface area contributed by atoms with Crippen LogP contribution in [0, 0.1) is 0 Å². The van der Waals surface area contributed by atoms with Gasteiger partial charge in [0.05, 0.1) is 10.9 Å². The van der Waals surface area contributed by atoms with Crippen LogP contribution in [-0.4, -0.2) is 54.1 Å². The zero-order valence-electron chi connectivity index (χ0n) is 15.9. The maximum Gasteiger partial charge on any atom is 0.332 e. The van der Waals surface area contributed by atoms with Crippen molar-refractivity contribution >= 4 is 16.9 Å². The molecule has 0 aliphatic carbocycles. The summed E-state index contributed by atoms with van der Waals surface area (Å²) >= 11 is 0. The van der Waals surface area contributed by atoms with E-state index in [-0.39, 0.29) is 23.0 Å². The van der Waals surface area contributed by atoms with E-state index in [0.29, 0.717) is 25.2 Å². The molecule has 1 amide bonds. The summed E-state index contributed by atoms with van der Waals surface area (Å²) in [5, 5.41) is 3.53. The lowest BCUT2D eigenvalue weighted by atomic mass is 10.1. The average Bonchev–Trinajstić information content (AvgIpc) is 3.15. The number of hydrogen-bond acceptors (Lipinski definition) is 6. The van der Waals surface area contributed by atoms with E-state index in [0.717, 1.165) is 10.4 Å². The maximum absolute atomic E-state index is 13.3. The summed E-state index contributed by atoms with van der Waals surface area (Å²) in [5.41, 5.74) is -0.364. The van der Waals surface area contributed by atoms with E-state index >= 15 is 0 Å². The van der Waals surface area contributed by atoms with Gasteiger partial charge in [-0.25, -0.2) is 14.8 Å². The predicted octanol–water partition coefficient (Wildman–Crippen LogP) is -0.848. The number of piperazine rings is 1. The molecule has 1 saturated heterocycles. The molecule has 1 N–H and O–H groups in total. The number of aromatic nitrogens is 5. The van der Waals surface area contributed by atoms with Crippen LogP contribution >= 0.6 is 0 Å². The minimum Gasteiger partial charge on any atom is -0.336 e. The van der Waals surface area contributed by atoms with Gasteiger partial charge in [0.15, 0.2) is 0 Å². The Balaban J connectivity index is 1.79. The van der Waals surface area contributed by atoms with Crippen molar-refractivity contribution in [2.24, 2.45) is 21.1 Å². The maximum atomic E-state index is 13.3. The number of carbonyl (C=O) groups is 1. The second-order valence-corrected chi connectivity index (χ2v) is 6.92. The lowest BCUT2D eigenvalue weighted by Crippen LogP contribution is -2.49. The van der Waals surface area contributed by atoms with Crippen LogP contribution in [0.5, 0.6) is 0 Å². The Labute approximate surface area is 160 Å². The molecule has 1 unspecified atom stereocenters. The molecule has 10 heteroatoms. The third-order valence-corrected chi connectivity index (χ3v) is 5.20. The fourth-order valence-electron chi connectivity index (χ4n) is 3.62. The molecule has 10 nitrogen and oxygen atoms in total.